The van der Waals surface area contributed by atoms with E-state index in [4.69, 9.17) is 0 Å². The van der Waals surface area contributed by atoms with Crippen LogP contribution in [0.5, 0.6) is 0 Å². The number of rotatable bonds is 11. The molecule has 3 heterocycles. The SMILES string of the molecule is CCCS(=O)(=O)Nc1ccc(F)c(-n2cc(C3=CN=CC(C)C(C)=C3)c3c(CC)c(N(C)C4CCN(CC5CC5)CC4)ccc32)c1F. The summed E-state index contributed by atoms with van der Waals surface area (Å²) in [5, 5.41) is 0.916. The normalized spacial score (nSPS) is 19.5. The van der Waals surface area contributed by atoms with Gasteiger partial charge in [-0.15, -0.1) is 0 Å². The van der Waals surface area contributed by atoms with Crippen LogP contribution >= 0.6 is 0 Å². The second kappa shape index (κ2) is 13.5. The molecule has 0 bridgehead atoms. The number of nitrogens with one attached hydrogen (secondary N) is 1. The number of allylic oxidation sites excluding steroid dienone is 3. The van der Waals surface area contributed by atoms with Crippen molar-refractivity contribution in [2.45, 2.75) is 72.3 Å². The van der Waals surface area contributed by atoms with Crippen LogP contribution in [0.3, 0.4) is 0 Å². The largest absolute Gasteiger partial charge is 0.371 e. The molecule has 47 heavy (non-hydrogen) atoms. The molecule has 7 nitrogen and oxygen atoms in total. The summed E-state index contributed by atoms with van der Waals surface area (Å²) in [5.41, 5.74) is 5.09. The molecule has 3 aromatic rings. The smallest absolute Gasteiger partial charge is 0.232 e. The molecule has 1 saturated heterocycles. The minimum absolute atomic E-state index is 0.151. The molecule has 2 aromatic carbocycles. The van der Waals surface area contributed by atoms with E-state index in [0.717, 1.165) is 77.3 Å². The third-order valence-corrected chi connectivity index (χ3v) is 11.6. The number of fused-ring (bicyclic) bond motifs is 1. The molecular formula is C37H47F2N5O2S. The number of aromatic nitrogens is 1. The first kappa shape index (κ1) is 33.4. The van der Waals surface area contributed by atoms with Crippen molar-refractivity contribution in [2.75, 3.05) is 42.1 Å². The number of nitrogens with zero attached hydrogens (tertiary/aromatic N) is 4. The quantitative estimate of drug-likeness (QED) is 0.226. The lowest BCUT2D eigenvalue weighted by Crippen LogP contribution is -2.44. The second-order valence-corrected chi connectivity index (χ2v) is 15.4. The van der Waals surface area contributed by atoms with Crippen molar-refractivity contribution in [2.24, 2.45) is 16.8 Å². The van der Waals surface area contributed by atoms with E-state index in [2.05, 4.69) is 59.5 Å². The number of anilines is 2. The third kappa shape index (κ3) is 6.90. The van der Waals surface area contributed by atoms with Crippen LogP contribution in [0.15, 0.2) is 53.3 Å². The van der Waals surface area contributed by atoms with Gasteiger partial charge in [0.25, 0.3) is 0 Å². The fraction of sp³-hybridized carbons (Fsp3) is 0.486. The minimum atomic E-state index is -3.80. The van der Waals surface area contributed by atoms with E-state index in [1.807, 2.05) is 18.5 Å². The highest BCUT2D eigenvalue weighted by Crippen LogP contribution is 2.41. The van der Waals surface area contributed by atoms with Crippen LogP contribution in [-0.2, 0) is 16.4 Å². The maximum Gasteiger partial charge on any atom is 0.232 e. The monoisotopic (exact) mass is 663 g/mol. The van der Waals surface area contributed by atoms with Crippen molar-refractivity contribution in [1.29, 1.82) is 0 Å². The summed E-state index contributed by atoms with van der Waals surface area (Å²) in [5.74, 6) is -0.869. The fourth-order valence-corrected chi connectivity index (χ4v) is 8.22. The molecule has 0 radical (unpaired) electrons. The Morgan fingerprint density at radius 2 is 1.81 bits per heavy atom. The molecule has 6 rings (SSSR count). The molecule has 0 amide bonds. The van der Waals surface area contributed by atoms with E-state index in [-0.39, 0.29) is 23.0 Å². The zero-order valence-electron chi connectivity index (χ0n) is 28.2. The van der Waals surface area contributed by atoms with Crippen LogP contribution < -0.4 is 9.62 Å². The van der Waals surface area contributed by atoms with Gasteiger partial charge in [0.2, 0.25) is 10.0 Å². The highest BCUT2D eigenvalue weighted by molar-refractivity contribution is 7.92. The number of hydrogen-bond acceptors (Lipinski definition) is 5. The maximum atomic E-state index is 16.2. The highest BCUT2D eigenvalue weighted by atomic mass is 32.2. The number of sulfonamides is 1. The van der Waals surface area contributed by atoms with Crippen molar-refractivity contribution in [3.05, 3.63) is 71.1 Å². The molecule has 1 aliphatic carbocycles. The predicted octanol–water partition coefficient (Wildman–Crippen LogP) is 7.94. The molecule has 2 fully saturated rings. The first-order valence-electron chi connectivity index (χ1n) is 17.0. The van der Waals surface area contributed by atoms with Gasteiger partial charge in [0.1, 0.15) is 11.5 Å². The van der Waals surface area contributed by atoms with E-state index < -0.39 is 21.7 Å². The minimum Gasteiger partial charge on any atom is -0.371 e. The number of piperidine rings is 1. The van der Waals surface area contributed by atoms with Crippen molar-refractivity contribution in [3.8, 4) is 5.69 Å². The zero-order valence-corrected chi connectivity index (χ0v) is 29.0. The van der Waals surface area contributed by atoms with E-state index in [9.17, 15) is 8.42 Å². The Bertz CT molecular complexity index is 1850. The van der Waals surface area contributed by atoms with Crippen LogP contribution in [0.4, 0.5) is 20.2 Å². The second-order valence-electron chi connectivity index (χ2n) is 13.5. The average molecular weight is 664 g/mol. The van der Waals surface area contributed by atoms with Gasteiger partial charge >= 0.3 is 0 Å². The molecule has 1 saturated carbocycles. The Labute approximate surface area is 278 Å². The molecule has 1 aromatic heterocycles. The topological polar surface area (TPSA) is 69.9 Å². The van der Waals surface area contributed by atoms with Crippen LogP contribution in [0.2, 0.25) is 0 Å². The van der Waals surface area contributed by atoms with Gasteiger partial charge in [0.05, 0.1) is 17.0 Å². The van der Waals surface area contributed by atoms with Crippen LogP contribution in [0.25, 0.3) is 22.2 Å². The summed E-state index contributed by atoms with van der Waals surface area (Å²) in [6.07, 6.45) is 13.6. The Kier molecular flexibility index (Phi) is 9.63. The number of hydrogen-bond donors (Lipinski definition) is 1. The molecule has 1 unspecified atom stereocenters. The zero-order chi connectivity index (χ0) is 33.5. The Balaban J connectivity index is 1.49. The molecule has 0 spiro atoms. The van der Waals surface area contributed by atoms with Gasteiger partial charge in [0, 0.05) is 79.5 Å². The highest BCUT2D eigenvalue weighted by Gasteiger charge is 2.30. The summed E-state index contributed by atoms with van der Waals surface area (Å²) in [6.45, 7) is 11.4. The molecule has 3 aliphatic rings. The lowest BCUT2D eigenvalue weighted by Gasteiger charge is -2.38. The number of halogens is 2. The van der Waals surface area contributed by atoms with Gasteiger partial charge < -0.3 is 14.4 Å². The van der Waals surface area contributed by atoms with Crippen molar-refractivity contribution in [1.82, 2.24) is 9.47 Å². The summed E-state index contributed by atoms with van der Waals surface area (Å²) in [7, 11) is -1.62. The lowest BCUT2D eigenvalue weighted by molar-refractivity contribution is 0.203. The van der Waals surface area contributed by atoms with Crippen LogP contribution in [0.1, 0.15) is 70.9 Å². The number of aliphatic imine (C=N–C) groups is 1. The molecular weight excluding hydrogens is 617 g/mol. The van der Waals surface area contributed by atoms with Crippen molar-refractivity contribution >= 4 is 44.1 Å². The van der Waals surface area contributed by atoms with Gasteiger partial charge in [0.15, 0.2) is 5.82 Å². The van der Waals surface area contributed by atoms with Crippen molar-refractivity contribution in [3.63, 3.8) is 0 Å². The van der Waals surface area contributed by atoms with Crippen LogP contribution in [0, 0.1) is 23.5 Å². The third-order valence-electron chi connectivity index (χ3n) is 10.1. The molecule has 252 valence electrons. The van der Waals surface area contributed by atoms with E-state index >= 15 is 8.78 Å². The lowest BCUT2D eigenvalue weighted by atomic mass is 9.94. The average Bonchev–Trinajstić information content (AvgIpc) is 3.81. The van der Waals surface area contributed by atoms with E-state index in [0.29, 0.717) is 24.4 Å². The number of aryl methyl sites for hydroxylation is 1. The van der Waals surface area contributed by atoms with Gasteiger partial charge in [-0.05, 0) is 81.2 Å². The van der Waals surface area contributed by atoms with Gasteiger partial charge in [-0.2, -0.15) is 0 Å². The molecule has 1 N–H and O–H groups in total. The Morgan fingerprint density at radius 3 is 2.49 bits per heavy atom. The molecule has 2 aliphatic heterocycles. The van der Waals surface area contributed by atoms with Gasteiger partial charge in [-0.25, -0.2) is 17.2 Å². The standard InChI is InChI=1S/C37H47F2N5O2S/c1-6-18-47(45,46)41-32-11-10-31(38)37(36(32)39)44-23-30(27-19-24(3)25(4)20-40-21-27)35-29(7-2)33(12-13-34(35)44)42(5)28-14-16-43(17-15-28)22-26-8-9-26/h10-13,19-21,23,25-26,28,41H,6-9,14-18,22H2,1-5H3. The van der Waals surface area contributed by atoms with Gasteiger partial charge in [-0.3, -0.25) is 9.71 Å². The van der Waals surface area contributed by atoms with E-state index in [1.54, 1.807) is 13.1 Å². The number of likely N-dealkylation sites (tertiary alicyclic amines) is 1. The van der Waals surface area contributed by atoms with E-state index in [1.165, 1.54) is 24.0 Å². The molecule has 10 heteroatoms. The summed E-state index contributed by atoms with van der Waals surface area (Å²) < 4.78 is 60.9. The maximum absolute atomic E-state index is 16.2. The van der Waals surface area contributed by atoms with Crippen molar-refractivity contribution < 1.29 is 17.2 Å². The first-order chi connectivity index (χ1) is 22.5. The summed E-state index contributed by atoms with van der Waals surface area (Å²) in [6, 6.07) is 6.67. The first-order valence-corrected chi connectivity index (χ1v) is 18.7. The Hall–Kier alpha value is -3.50. The molecule has 1 atom stereocenters. The van der Waals surface area contributed by atoms with Gasteiger partial charge in [-0.1, -0.05) is 32.4 Å². The summed E-state index contributed by atoms with van der Waals surface area (Å²) in [4.78, 5) is 9.60. The number of benzene rings is 2. The Morgan fingerprint density at radius 1 is 1.06 bits per heavy atom. The van der Waals surface area contributed by atoms with Crippen LogP contribution in [-0.4, -0.2) is 62.6 Å². The predicted molar refractivity (Wildman–Crippen MR) is 190 cm³/mol. The summed E-state index contributed by atoms with van der Waals surface area (Å²) >= 11 is 0. The fourth-order valence-electron chi connectivity index (χ4n) is 7.09.